The number of carboxylic acids is 1. The number of benzene rings is 2. The Balaban J connectivity index is 1.15. The number of ether oxygens (including phenoxy) is 1. The van der Waals surface area contributed by atoms with E-state index < -0.39 is 11.8 Å². The molecule has 2 aliphatic carbocycles. The SMILES string of the molecule is O=C(O)c1cc(F)c2nc(N3C[C@H]4C[C@@H]3[C@H](OCc3c(-c5c(Cl)cccc5Cl)noc3C3CC3)C4)sc2c1. The van der Waals surface area contributed by atoms with E-state index in [4.69, 9.17) is 32.5 Å². The molecule has 2 saturated carbocycles. The molecule has 0 amide bonds. The lowest BCUT2D eigenvalue weighted by Crippen LogP contribution is -2.42. The molecule has 3 fully saturated rings. The molecular weight excluding hydrogens is 552 g/mol. The van der Waals surface area contributed by atoms with Crippen LogP contribution in [0.2, 0.25) is 10.0 Å². The van der Waals surface area contributed by atoms with Crippen LogP contribution in [0.15, 0.2) is 34.9 Å². The summed E-state index contributed by atoms with van der Waals surface area (Å²) in [4.78, 5) is 18.1. The lowest BCUT2D eigenvalue weighted by Gasteiger charge is -2.33. The van der Waals surface area contributed by atoms with Crippen LogP contribution in [0.5, 0.6) is 0 Å². The molecule has 196 valence electrons. The fraction of sp³-hybridized carbons (Fsp3) is 0.370. The van der Waals surface area contributed by atoms with Crippen LogP contribution in [0, 0.1) is 11.7 Å². The third-order valence-corrected chi connectivity index (χ3v) is 9.43. The van der Waals surface area contributed by atoms with Gasteiger partial charge in [-0.15, -0.1) is 0 Å². The van der Waals surface area contributed by atoms with E-state index in [1.165, 1.54) is 17.4 Å². The van der Waals surface area contributed by atoms with Crippen molar-refractivity contribution < 1.29 is 23.6 Å². The highest BCUT2D eigenvalue weighted by Crippen LogP contribution is 2.48. The number of carbonyl (C=O) groups is 1. The van der Waals surface area contributed by atoms with Crippen molar-refractivity contribution in [3.63, 3.8) is 0 Å². The summed E-state index contributed by atoms with van der Waals surface area (Å²) in [5.41, 5.74) is 2.29. The highest BCUT2D eigenvalue weighted by molar-refractivity contribution is 7.22. The summed E-state index contributed by atoms with van der Waals surface area (Å²) in [6, 6.07) is 7.97. The molecule has 2 aromatic heterocycles. The zero-order valence-electron chi connectivity index (χ0n) is 20.0. The van der Waals surface area contributed by atoms with Crippen molar-refractivity contribution in [1.82, 2.24) is 10.1 Å². The zero-order valence-corrected chi connectivity index (χ0v) is 22.3. The van der Waals surface area contributed by atoms with E-state index in [0.717, 1.165) is 49.6 Å². The van der Waals surface area contributed by atoms with Crippen molar-refractivity contribution in [3.05, 3.63) is 63.1 Å². The summed E-state index contributed by atoms with van der Waals surface area (Å²) in [5.74, 6) is -0.163. The number of rotatable bonds is 7. The number of halogens is 3. The lowest BCUT2D eigenvalue weighted by atomic mass is 10.0. The first kappa shape index (κ1) is 24.3. The molecule has 1 saturated heterocycles. The smallest absolute Gasteiger partial charge is 0.335 e. The first-order valence-electron chi connectivity index (χ1n) is 12.5. The van der Waals surface area contributed by atoms with Crippen molar-refractivity contribution in [2.45, 2.75) is 50.4 Å². The second-order valence-electron chi connectivity index (χ2n) is 10.3. The summed E-state index contributed by atoms with van der Waals surface area (Å²) in [6.45, 7) is 1.14. The Morgan fingerprint density at radius 3 is 2.74 bits per heavy atom. The minimum Gasteiger partial charge on any atom is -0.478 e. The Kier molecular flexibility index (Phi) is 5.88. The molecule has 11 heteroatoms. The number of hydrogen-bond acceptors (Lipinski definition) is 7. The van der Waals surface area contributed by atoms with Crippen molar-refractivity contribution >= 4 is 55.9 Å². The number of carboxylic acid groups (broad SMARTS) is 1. The van der Waals surface area contributed by atoms with Gasteiger partial charge in [-0.2, -0.15) is 0 Å². The quantitative estimate of drug-likeness (QED) is 0.251. The molecule has 3 atom stereocenters. The van der Waals surface area contributed by atoms with Crippen LogP contribution in [0.25, 0.3) is 21.5 Å². The predicted molar refractivity (Wildman–Crippen MR) is 143 cm³/mol. The number of fused-ring (bicyclic) bond motifs is 3. The summed E-state index contributed by atoms with van der Waals surface area (Å²) in [6.07, 6.45) is 3.95. The number of hydrogen-bond donors (Lipinski definition) is 1. The van der Waals surface area contributed by atoms with Gasteiger partial charge in [0.2, 0.25) is 0 Å². The Morgan fingerprint density at radius 2 is 2.03 bits per heavy atom. The minimum absolute atomic E-state index is 0.0447. The van der Waals surface area contributed by atoms with Gasteiger partial charge in [-0.3, -0.25) is 0 Å². The molecule has 38 heavy (non-hydrogen) atoms. The van der Waals surface area contributed by atoms with Crippen LogP contribution >= 0.6 is 34.5 Å². The predicted octanol–water partition coefficient (Wildman–Crippen LogP) is 7.16. The van der Waals surface area contributed by atoms with Crippen LogP contribution in [0.3, 0.4) is 0 Å². The second-order valence-corrected chi connectivity index (χ2v) is 12.1. The van der Waals surface area contributed by atoms with E-state index >= 15 is 0 Å². The topological polar surface area (TPSA) is 88.7 Å². The van der Waals surface area contributed by atoms with Gasteiger partial charge in [-0.05, 0) is 55.9 Å². The van der Waals surface area contributed by atoms with Gasteiger partial charge < -0.3 is 19.3 Å². The first-order chi connectivity index (χ1) is 18.4. The highest BCUT2D eigenvalue weighted by Gasteiger charge is 2.47. The van der Waals surface area contributed by atoms with Crippen LogP contribution in [-0.2, 0) is 11.3 Å². The first-order valence-corrected chi connectivity index (χ1v) is 14.1. The molecule has 7 rings (SSSR count). The van der Waals surface area contributed by atoms with Crippen LogP contribution < -0.4 is 4.90 Å². The maximum Gasteiger partial charge on any atom is 0.335 e. The normalized spacial score (nSPS) is 22.6. The Labute approximate surface area is 231 Å². The standard InChI is InChI=1S/C27H22Cl2FN3O4S/c28-16-2-1-3-17(29)22(16)23-15(25(37-32-23)13-4-5-13)11-36-20-7-12-6-19(20)33(10-12)27-31-24-18(30)8-14(26(34)35)9-21(24)38-27/h1-3,8-9,12-13,19-20H,4-7,10-11H2,(H,34,35)/t12-,19+,20+/m0/s1. The van der Waals surface area contributed by atoms with Gasteiger partial charge in [0.15, 0.2) is 10.9 Å². The van der Waals surface area contributed by atoms with E-state index in [9.17, 15) is 14.3 Å². The molecule has 1 N–H and O–H groups in total. The van der Waals surface area contributed by atoms with Gasteiger partial charge in [0.25, 0.3) is 0 Å². The molecule has 0 unspecified atom stereocenters. The summed E-state index contributed by atoms with van der Waals surface area (Å²) >= 11 is 14.3. The molecule has 7 nitrogen and oxygen atoms in total. The van der Waals surface area contributed by atoms with Crippen LogP contribution in [-0.4, -0.2) is 39.9 Å². The number of aromatic carboxylic acids is 1. The highest BCUT2D eigenvalue weighted by atomic mass is 35.5. The average molecular weight is 574 g/mol. The third kappa shape index (κ3) is 4.07. The van der Waals surface area contributed by atoms with Gasteiger partial charge in [0.1, 0.15) is 17.0 Å². The maximum absolute atomic E-state index is 14.6. The lowest BCUT2D eigenvalue weighted by molar-refractivity contribution is 0.0256. The van der Waals surface area contributed by atoms with Gasteiger partial charge in [0, 0.05) is 23.6 Å². The summed E-state index contributed by atoms with van der Waals surface area (Å²) < 4.78 is 27.4. The Morgan fingerprint density at radius 1 is 1.24 bits per heavy atom. The fourth-order valence-electron chi connectivity index (χ4n) is 5.83. The number of aromatic nitrogens is 2. The van der Waals surface area contributed by atoms with Crippen LogP contribution in [0.1, 0.15) is 53.3 Å². The van der Waals surface area contributed by atoms with E-state index in [1.807, 2.05) is 0 Å². The largest absolute Gasteiger partial charge is 0.478 e. The monoisotopic (exact) mass is 573 g/mol. The van der Waals surface area contributed by atoms with Crippen molar-refractivity contribution in [2.75, 3.05) is 11.4 Å². The average Bonchev–Trinajstić information content (AvgIpc) is 3.22. The second kappa shape index (κ2) is 9.19. The van der Waals surface area contributed by atoms with Crippen molar-refractivity contribution in [1.29, 1.82) is 0 Å². The van der Waals surface area contributed by atoms with Gasteiger partial charge in [-0.1, -0.05) is 45.8 Å². The molecular formula is C27H22Cl2FN3O4S. The maximum atomic E-state index is 14.6. The van der Waals surface area contributed by atoms with E-state index in [1.54, 1.807) is 18.2 Å². The van der Waals surface area contributed by atoms with Crippen molar-refractivity contribution in [3.8, 4) is 11.3 Å². The molecule has 1 aliphatic heterocycles. The summed E-state index contributed by atoms with van der Waals surface area (Å²) in [5, 5.41) is 15.4. The molecule has 2 aromatic carbocycles. The molecule has 4 aromatic rings. The zero-order chi connectivity index (χ0) is 26.1. The fourth-order valence-corrected chi connectivity index (χ4v) is 7.49. The van der Waals surface area contributed by atoms with E-state index in [-0.39, 0.29) is 23.2 Å². The van der Waals surface area contributed by atoms with Gasteiger partial charge in [0.05, 0.1) is 39.1 Å². The van der Waals surface area contributed by atoms with Crippen molar-refractivity contribution in [2.24, 2.45) is 5.92 Å². The number of nitrogens with zero attached hydrogens (tertiary/aromatic N) is 3. The molecule has 3 aliphatic rings. The van der Waals surface area contributed by atoms with Gasteiger partial charge in [-0.25, -0.2) is 14.2 Å². The molecule has 3 heterocycles. The molecule has 0 spiro atoms. The van der Waals surface area contributed by atoms with E-state index in [2.05, 4.69) is 15.0 Å². The number of anilines is 1. The minimum atomic E-state index is -1.16. The van der Waals surface area contributed by atoms with Gasteiger partial charge >= 0.3 is 5.97 Å². The summed E-state index contributed by atoms with van der Waals surface area (Å²) in [7, 11) is 0. The number of piperidine rings is 1. The van der Waals surface area contributed by atoms with E-state index in [0.29, 0.717) is 49.6 Å². The third-order valence-electron chi connectivity index (χ3n) is 7.76. The van der Waals surface area contributed by atoms with Crippen LogP contribution in [0.4, 0.5) is 9.52 Å². The Hall–Kier alpha value is -2.72. The number of thiazole rings is 1. The molecule has 2 bridgehead atoms. The Bertz CT molecular complexity index is 1570. The molecule has 0 radical (unpaired) electrons.